The van der Waals surface area contributed by atoms with E-state index in [9.17, 15) is 4.79 Å². The quantitative estimate of drug-likeness (QED) is 0.860. The molecule has 2 rings (SSSR count). The van der Waals surface area contributed by atoms with E-state index in [1.165, 1.54) is 5.56 Å². The van der Waals surface area contributed by atoms with Gasteiger partial charge in [-0.2, -0.15) is 0 Å². The summed E-state index contributed by atoms with van der Waals surface area (Å²) in [6.07, 6.45) is 0. The number of carbonyl (C=O) groups excluding carboxylic acids is 1. The van der Waals surface area contributed by atoms with Crippen molar-refractivity contribution in [1.29, 1.82) is 0 Å². The van der Waals surface area contributed by atoms with Gasteiger partial charge in [-0.1, -0.05) is 42.5 Å². The molecule has 0 aromatic heterocycles. The minimum Gasteiger partial charge on any atom is -0.495 e. The van der Waals surface area contributed by atoms with Crippen LogP contribution in [0.5, 0.6) is 5.75 Å². The van der Waals surface area contributed by atoms with Gasteiger partial charge >= 0.3 is 0 Å². The van der Waals surface area contributed by atoms with Crippen molar-refractivity contribution in [2.24, 2.45) is 0 Å². The molecule has 0 saturated heterocycles. The Hall–Kier alpha value is -2.33. The highest BCUT2D eigenvalue weighted by molar-refractivity contribution is 5.94. The first kappa shape index (κ1) is 16.0. The standard InChI is InChI=1S/C18H22N2O2/c1-13(15-9-5-4-6-10-15)19-14(2)18(21)20-16-11-7-8-12-17(16)22-3/h4-14,19H,1-3H3,(H,20,21)/p+1/t13-,14+/m1/s1. The minimum absolute atomic E-state index is 0.0349. The number of carbonyl (C=O) groups is 1. The molecule has 0 saturated carbocycles. The fraction of sp³-hybridized carbons (Fsp3) is 0.278. The van der Waals surface area contributed by atoms with Crippen molar-refractivity contribution >= 4 is 11.6 Å². The molecule has 2 atom stereocenters. The Bertz CT molecular complexity index is 613. The Morgan fingerprint density at radius 3 is 2.36 bits per heavy atom. The number of para-hydroxylation sites is 2. The van der Waals surface area contributed by atoms with E-state index in [0.717, 1.165) is 0 Å². The highest BCUT2D eigenvalue weighted by Gasteiger charge is 2.21. The molecular weight excluding hydrogens is 276 g/mol. The summed E-state index contributed by atoms with van der Waals surface area (Å²) >= 11 is 0. The number of methoxy groups -OCH3 is 1. The summed E-state index contributed by atoms with van der Waals surface area (Å²) in [7, 11) is 1.60. The van der Waals surface area contributed by atoms with Crippen LogP contribution in [-0.2, 0) is 4.79 Å². The lowest BCUT2D eigenvalue weighted by molar-refractivity contribution is -0.709. The molecule has 0 spiro atoms. The topological polar surface area (TPSA) is 54.9 Å². The molecule has 1 amide bonds. The zero-order valence-corrected chi connectivity index (χ0v) is 13.2. The third kappa shape index (κ3) is 4.09. The van der Waals surface area contributed by atoms with Gasteiger partial charge in [0.2, 0.25) is 0 Å². The van der Waals surface area contributed by atoms with Gasteiger partial charge in [0.1, 0.15) is 11.8 Å². The van der Waals surface area contributed by atoms with E-state index in [1.54, 1.807) is 7.11 Å². The summed E-state index contributed by atoms with van der Waals surface area (Å²) < 4.78 is 5.25. The van der Waals surface area contributed by atoms with Gasteiger partial charge < -0.3 is 15.4 Å². The van der Waals surface area contributed by atoms with Crippen molar-refractivity contribution < 1.29 is 14.8 Å². The average Bonchev–Trinajstić information content (AvgIpc) is 2.56. The highest BCUT2D eigenvalue weighted by Crippen LogP contribution is 2.22. The first-order valence-corrected chi connectivity index (χ1v) is 7.45. The third-order valence-corrected chi connectivity index (χ3v) is 3.68. The van der Waals surface area contributed by atoms with Crippen LogP contribution in [0, 0.1) is 0 Å². The molecule has 0 aliphatic carbocycles. The molecule has 0 bridgehead atoms. The Morgan fingerprint density at radius 1 is 1.05 bits per heavy atom. The SMILES string of the molecule is COc1ccccc1NC(=O)[C@H](C)[NH2+][C@H](C)c1ccccc1. The fourth-order valence-corrected chi connectivity index (χ4v) is 2.38. The van der Waals surface area contributed by atoms with E-state index in [2.05, 4.69) is 29.7 Å². The zero-order chi connectivity index (χ0) is 15.9. The molecule has 0 fully saturated rings. The summed E-state index contributed by atoms with van der Waals surface area (Å²) in [5, 5.41) is 4.98. The number of anilines is 1. The van der Waals surface area contributed by atoms with Crippen LogP contribution in [-0.4, -0.2) is 19.1 Å². The van der Waals surface area contributed by atoms with E-state index in [0.29, 0.717) is 11.4 Å². The second-order valence-electron chi connectivity index (χ2n) is 5.37. The maximum Gasteiger partial charge on any atom is 0.282 e. The Morgan fingerprint density at radius 2 is 1.68 bits per heavy atom. The molecular formula is C18H23N2O2+. The largest absolute Gasteiger partial charge is 0.495 e. The number of ether oxygens (including phenoxy) is 1. The monoisotopic (exact) mass is 299 g/mol. The van der Waals surface area contributed by atoms with Crippen LogP contribution in [0.4, 0.5) is 5.69 Å². The Balaban J connectivity index is 1.97. The number of rotatable bonds is 6. The number of nitrogens with one attached hydrogen (secondary N) is 1. The van der Waals surface area contributed by atoms with Crippen molar-refractivity contribution in [1.82, 2.24) is 0 Å². The van der Waals surface area contributed by atoms with Crippen LogP contribution in [0.2, 0.25) is 0 Å². The Kier molecular flexibility index (Phi) is 5.55. The molecule has 0 aliphatic heterocycles. The van der Waals surface area contributed by atoms with Gasteiger partial charge in [0.05, 0.1) is 12.8 Å². The predicted molar refractivity (Wildman–Crippen MR) is 87.9 cm³/mol. The van der Waals surface area contributed by atoms with Crippen molar-refractivity contribution in [2.75, 3.05) is 12.4 Å². The second-order valence-corrected chi connectivity index (χ2v) is 5.37. The smallest absolute Gasteiger partial charge is 0.282 e. The first-order valence-electron chi connectivity index (χ1n) is 7.45. The molecule has 0 unspecified atom stereocenters. The third-order valence-electron chi connectivity index (χ3n) is 3.68. The number of amides is 1. The number of nitrogens with two attached hydrogens (primary N) is 1. The van der Waals surface area contributed by atoms with Crippen LogP contribution >= 0.6 is 0 Å². The molecule has 22 heavy (non-hydrogen) atoms. The molecule has 2 aromatic carbocycles. The van der Waals surface area contributed by atoms with Gasteiger partial charge in [-0.3, -0.25) is 4.79 Å². The van der Waals surface area contributed by atoms with Crippen molar-refractivity contribution in [3.8, 4) is 5.75 Å². The molecule has 0 aliphatic rings. The fourth-order valence-electron chi connectivity index (χ4n) is 2.38. The first-order chi connectivity index (χ1) is 10.6. The second kappa shape index (κ2) is 7.61. The molecule has 4 nitrogen and oxygen atoms in total. The maximum absolute atomic E-state index is 12.3. The molecule has 3 N–H and O–H groups in total. The van der Waals surface area contributed by atoms with E-state index in [-0.39, 0.29) is 18.0 Å². The minimum atomic E-state index is -0.194. The molecule has 4 heteroatoms. The van der Waals surface area contributed by atoms with Crippen LogP contribution < -0.4 is 15.4 Å². The van der Waals surface area contributed by atoms with E-state index in [1.807, 2.05) is 49.4 Å². The van der Waals surface area contributed by atoms with Crippen molar-refractivity contribution in [3.05, 3.63) is 60.2 Å². The lowest BCUT2D eigenvalue weighted by Crippen LogP contribution is -2.91. The van der Waals surface area contributed by atoms with E-state index >= 15 is 0 Å². The van der Waals surface area contributed by atoms with Gasteiger partial charge in [-0.25, -0.2) is 0 Å². The van der Waals surface area contributed by atoms with Gasteiger partial charge in [0, 0.05) is 5.56 Å². The Labute approximate surface area is 131 Å². The van der Waals surface area contributed by atoms with Crippen LogP contribution in [0.1, 0.15) is 25.5 Å². The molecule has 0 radical (unpaired) electrons. The van der Waals surface area contributed by atoms with Crippen LogP contribution in [0.3, 0.4) is 0 Å². The van der Waals surface area contributed by atoms with Crippen molar-refractivity contribution in [3.63, 3.8) is 0 Å². The molecule has 0 heterocycles. The van der Waals surface area contributed by atoms with E-state index < -0.39 is 0 Å². The summed E-state index contributed by atoms with van der Waals surface area (Å²) in [5.74, 6) is 0.631. The lowest BCUT2D eigenvalue weighted by atomic mass is 10.1. The number of quaternary nitrogens is 1. The van der Waals surface area contributed by atoms with Gasteiger partial charge in [-0.05, 0) is 26.0 Å². The summed E-state index contributed by atoms with van der Waals surface area (Å²) in [4.78, 5) is 12.3. The normalized spacial score (nSPS) is 13.2. The summed E-state index contributed by atoms with van der Waals surface area (Å²) in [5.41, 5.74) is 1.90. The van der Waals surface area contributed by atoms with Crippen molar-refractivity contribution in [2.45, 2.75) is 25.9 Å². The average molecular weight is 299 g/mol. The zero-order valence-electron chi connectivity index (χ0n) is 13.2. The van der Waals surface area contributed by atoms with Gasteiger partial charge in [0.25, 0.3) is 5.91 Å². The lowest BCUT2D eigenvalue weighted by Gasteiger charge is -2.17. The number of hydrogen-bond acceptors (Lipinski definition) is 2. The number of benzene rings is 2. The molecule has 116 valence electrons. The van der Waals surface area contributed by atoms with Crippen LogP contribution in [0.25, 0.3) is 0 Å². The maximum atomic E-state index is 12.3. The van der Waals surface area contributed by atoms with Crippen LogP contribution in [0.15, 0.2) is 54.6 Å². The molecule has 2 aromatic rings. The highest BCUT2D eigenvalue weighted by atomic mass is 16.5. The van der Waals surface area contributed by atoms with Gasteiger partial charge in [0.15, 0.2) is 6.04 Å². The van der Waals surface area contributed by atoms with E-state index in [4.69, 9.17) is 4.74 Å². The summed E-state index contributed by atoms with van der Waals surface area (Å²) in [6, 6.07) is 17.6. The number of hydrogen-bond donors (Lipinski definition) is 2. The van der Waals surface area contributed by atoms with Gasteiger partial charge in [-0.15, -0.1) is 0 Å². The predicted octanol–water partition coefficient (Wildman–Crippen LogP) is 2.35. The summed E-state index contributed by atoms with van der Waals surface area (Å²) in [6.45, 7) is 4.01.